The third kappa shape index (κ3) is 5.94. The quantitative estimate of drug-likeness (QED) is 0.864. The summed E-state index contributed by atoms with van der Waals surface area (Å²) in [6.45, 7) is 3.06. The van der Waals surface area contributed by atoms with Crippen LogP contribution in [-0.4, -0.2) is 37.9 Å². The van der Waals surface area contributed by atoms with E-state index in [1.165, 1.54) is 12.1 Å². The Balaban J connectivity index is 2.58. The van der Waals surface area contributed by atoms with Crippen LogP contribution < -0.4 is 10.1 Å². The van der Waals surface area contributed by atoms with Crippen molar-refractivity contribution in [3.63, 3.8) is 0 Å². The van der Waals surface area contributed by atoms with Crippen molar-refractivity contribution >= 4 is 0 Å². The lowest BCUT2D eigenvalue weighted by atomic mass is 10.2. The van der Waals surface area contributed by atoms with E-state index in [0.29, 0.717) is 24.7 Å². The minimum atomic E-state index is -4.66. The molecule has 1 N–H and O–H groups in total. The van der Waals surface area contributed by atoms with E-state index >= 15 is 0 Å². The molecule has 0 aliphatic carbocycles. The number of nitrogens with one attached hydrogen (secondary N) is 1. The number of likely N-dealkylation sites (N-methyl/N-ethyl adjacent to an activating group) is 1. The zero-order valence-corrected chi connectivity index (χ0v) is 11.3. The monoisotopic (exact) mass is 276 g/mol. The lowest BCUT2D eigenvalue weighted by molar-refractivity contribution is -0.274. The van der Waals surface area contributed by atoms with Crippen molar-refractivity contribution in [2.45, 2.75) is 25.9 Å². The third-order valence-corrected chi connectivity index (χ3v) is 2.84. The van der Waals surface area contributed by atoms with Gasteiger partial charge >= 0.3 is 6.36 Å². The van der Waals surface area contributed by atoms with Gasteiger partial charge in [-0.2, -0.15) is 0 Å². The number of hydrogen-bond donors (Lipinski definition) is 1. The lowest BCUT2D eigenvalue weighted by Crippen LogP contribution is -2.35. The van der Waals surface area contributed by atoms with Crippen LogP contribution >= 0.6 is 0 Å². The summed E-state index contributed by atoms with van der Waals surface area (Å²) < 4.78 is 40.7. The Kier molecular flexibility index (Phi) is 5.62. The minimum Gasteiger partial charge on any atom is -0.405 e. The molecule has 1 aromatic rings. The first-order chi connectivity index (χ1) is 8.79. The van der Waals surface area contributed by atoms with Gasteiger partial charge in [0.25, 0.3) is 0 Å². The van der Waals surface area contributed by atoms with Crippen molar-refractivity contribution in [2.24, 2.45) is 0 Å². The van der Waals surface area contributed by atoms with Crippen LogP contribution in [-0.2, 0) is 6.54 Å². The molecule has 0 heterocycles. The predicted molar refractivity (Wildman–Crippen MR) is 68.0 cm³/mol. The van der Waals surface area contributed by atoms with E-state index < -0.39 is 6.36 Å². The summed E-state index contributed by atoms with van der Waals surface area (Å²) in [4.78, 5) is 2.03. The molecule has 0 saturated heterocycles. The van der Waals surface area contributed by atoms with E-state index in [9.17, 15) is 13.2 Å². The van der Waals surface area contributed by atoms with E-state index in [0.717, 1.165) is 0 Å². The molecule has 6 heteroatoms. The molecule has 0 radical (unpaired) electrons. The summed E-state index contributed by atoms with van der Waals surface area (Å²) in [5.41, 5.74) is 0.491. The number of benzene rings is 1. The lowest BCUT2D eigenvalue weighted by Gasteiger charge is -2.20. The predicted octanol–water partition coefficient (Wildman–Crippen LogP) is 2.62. The zero-order valence-electron chi connectivity index (χ0n) is 11.3. The maximum atomic E-state index is 12.2. The fourth-order valence-electron chi connectivity index (χ4n) is 1.47. The molecule has 1 rings (SSSR count). The molecule has 0 aliphatic rings. The first kappa shape index (κ1) is 15.8. The van der Waals surface area contributed by atoms with Gasteiger partial charge in [-0.3, -0.25) is 0 Å². The molecule has 1 unspecified atom stereocenters. The van der Waals surface area contributed by atoms with Gasteiger partial charge in [-0.05, 0) is 27.1 Å². The maximum absolute atomic E-state index is 12.2. The summed E-state index contributed by atoms with van der Waals surface area (Å²) in [6.07, 6.45) is -4.66. The number of alkyl halides is 3. The first-order valence-electron chi connectivity index (χ1n) is 6.00. The van der Waals surface area contributed by atoms with Crippen LogP contribution in [0.3, 0.4) is 0 Å². The van der Waals surface area contributed by atoms with E-state index in [1.807, 2.05) is 25.9 Å². The topological polar surface area (TPSA) is 24.5 Å². The van der Waals surface area contributed by atoms with E-state index in [-0.39, 0.29) is 5.75 Å². The van der Waals surface area contributed by atoms with Crippen LogP contribution in [0.1, 0.15) is 12.5 Å². The van der Waals surface area contributed by atoms with Crippen LogP contribution in [0.5, 0.6) is 5.75 Å². The highest BCUT2D eigenvalue weighted by Gasteiger charge is 2.31. The summed E-state index contributed by atoms with van der Waals surface area (Å²) in [7, 11) is 3.90. The molecule has 1 aromatic carbocycles. The zero-order chi connectivity index (χ0) is 14.5. The van der Waals surface area contributed by atoms with Gasteiger partial charge in [-0.1, -0.05) is 18.2 Å². The molecule has 0 aromatic heterocycles. The number of ether oxygens (including phenoxy) is 1. The molecule has 1 atom stereocenters. The molecule has 0 spiro atoms. The van der Waals surface area contributed by atoms with Gasteiger partial charge in [0.1, 0.15) is 5.75 Å². The fourth-order valence-corrected chi connectivity index (χ4v) is 1.47. The average Bonchev–Trinajstić information content (AvgIpc) is 2.29. The number of nitrogens with zero attached hydrogens (tertiary/aromatic N) is 1. The molecule has 0 saturated carbocycles. The van der Waals surface area contributed by atoms with Crippen molar-refractivity contribution in [2.75, 3.05) is 20.6 Å². The van der Waals surface area contributed by atoms with Gasteiger partial charge in [-0.25, -0.2) is 0 Å². The maximum Gasteiger partial charge on any atom is 0.573 e. The summed E-state index contributed by atoms with van der Waals surface area (Å²) >= 11 is 0. The van der Waals surface area contributed by atoms with Gasteiger partial charge in [0.2, 0.25) is 0 Å². The number of para-hydroxylation sites is 1. The van der Waals surface area contributed by atoms with Gasteiger partial charge in [0.15, 0.2) is 0 Å². The second-order valence-electron chi connectivity index (χ2n) is 4.60. The van der Waals surface area contributed by atoms with Crippen LogP contribution in [0.2, 0.25) is 0 Å². The van der Waals surface area contributed by atoms with E-state index in [4.69, 9.17) is 0 Å². The molecule has 0 amide bonds. The fraction of sp³-hybridized carbons (Fsp3) is 0.538. The SMILES string of the molecule is CC(CNCc1ccccc1OC(F)(F)F)N(C)C. The Morgan fingerprint density at radius 2 is 1.89 bits per heavy atom. The van der Waals surface area contributed by atoms with Gasteiger partial charge in [0, 0.05) is 24.7 Å². The Bertz CT molecular complexity index is 394. The van der Waals surface area contributed by atoms with Crippen molar-refractivity contribution in [3.8, 4) is 5.75 Å². The highest BCUT2D eigenvalue weighted by atomic mass is 19.4. The Labute approximate surface area is 111 Å². The summed E-state index contributed by atoms with van der Waals surface area (Å²) in [5.74, 6) is -0.153. The molecular formula is C13H19F3N2O. The van der Waals surface area contributed by atoms with Crippen molar-refractivity contribution in [1.82, 2.24) is 10.2 Å². The van der Waals surface area contributed by atoms with E-state index in [1.54, 1.807) is 12.1 Å². The van der Waals surface area contributed by atoms with Crippen LogP contribution in [0.25, 0.3) is 0 Å². The van der Waals surface area contributed by atoms with Gasteiger partial charge < -0.3 is 15.0 Å². The van der Waals surface area contributed by atoms with Crippen LogP contribution in [0, 0.1) is 0 Å². The van der Waals surface area contributed by atoms with Crippen LogP contribution in [0.4, 0.5) is 13.2 Å². The number of halogens is 3. The number of rotatable bonds is 6. The number of hydrogen-bond acceptors (Lipinski definition) is 3. The minimum absolute atomic E-state index is 0.153. The molecule has 3 nitrogen and oxygen atoms in total. The molecule has 0 fully saturated rings. The molecule has 108 valence electrons. The first-order valence-corrected chi connectivity index (χ1v) is 6.00. The average molecular weight is 276 g/mol. The second kappa shape index (κ2) is 6.77. The smallest absolute Gasteiger partial charge is 0.405 e. The Morgan fingerprint density at radius 1 is 1.26 bits per heavy atom. The van der Waals surface area contributed by atoms with Crippen molar-refractivity contribution in [3.05, 3.63) is 29.8 Å². The highest BCUT2D eigenvalue weighted by molar-refractivity contribution is 5.33. The molecule has 0 aliphatic heterocycles. The summed E-state index contributed by atoms with van der Waals surface area (Å²) in [5, 5.41) is 3.12. The van der Waals surface area contributed by atoms with E-state index in [2.05, 4.69) is 10.1 Å². The van der Waals surface area contributed by atoms with Gasteiger partial charge in [0.05, 0.1) is 0 Å². The molecule has 19 heavy (non-hydrogen) atoms. The van der Waals surface area contributed by atoms with Gasteiger partial charge in [-0.15, -0.1) is 13.2 Å². The molecule has 0 bridgehead atoms. The third-order valence-electron chi connectivity index (χ3n) is 2.84. The molecular weight excluding hydrogens is 257 g/mol. The Morgan fingerprint density at radius 3 is 2.47 bits per heavy atom. The largest absolute Gasteiger partial charge is 0.573 e. The van der Waals surface area contributed by atoms with Crippen molar-refractivity contribution in [1.29, 1.82) is 0 Å². The Hall–Kier alpha value is -1.27. The highest BCUT2D eigenvalue weighted by Crippen LogP contribution is 2.25. The summed E-state index contributed by atoms with van der Waals surface area (Å²) in [6, 6.07) is 6.45. The second-order valence-corrected chi connectivity index (χ2v) is 4.60. The van der Waals surface area contributed by atoms with Crippen LogP contribution in [0.15, 0.2) is 24.3 Å². The normalized spacial score (nSPS) is 13.6. The van der Waals surface area contributed by atoms with Crippen molar-refractivity contribution < 1.29 is 17.9 Å². The standard InChI is InChI=1S/C13H19F3N2O/c1-10(18(2)3)8-17-9-11-6-4-5-7-12(11)19-13(14,15)16/h4-7,10,17H,8-9H2,1-3H3.